The van der Waals surface area contributed by atoms with Gasteiger partial charge in [-0.25, -0.2) is 0 Å². The number of hydrogen-bond acceptors (Lipinski definition) is 0. The molecular weight excluding hydrogens is 192 g/mol. The second-order valence-electron chi connectivity index (χ2n) is 5.61. The molecule has 1 fully saturated rings. The van der Waals surface area contributed by atoms with Crippen LogP contribution in [-0.2, 0) is 0 Å². The van der Waals surface area contributed by atoms with Crippen LogP contribution < -0.4 is 0 Å². The molecule has 1 aliphatic rings. The van der Waals surface area contributed by atoms with Crippen molar-refractivity contribution in [2.45, 2.75) is 80.1 Å². The third kappa shape index (κ3) is 5.37. The first-order valence-corrected chi connectivity index (χ1v) is 7.67. The number of rotatable bonds is 3. The lowest BCUT2D eigenvalue weighted by Gasteiger charge is -2.22. The van der Waals surface area contributed by atoms with Crippen LogP contribution in [0.2, 0.25) is 0 Å². The van der Waals surface area contributed by atoms with Gasteiger partial charge < -0.3 is 0 Å². The summed E-state index contributed by atoms with van der Waals surface area (Å²) < 4.78 is 0. The molecule has 0 spiro atoms. The van der Waals surface area contributed by atoms with Gasteiger partial charge in [-0.3, -0.25) is 0 Å². The molecule has 4 unspecified atom stereocenters. The number of hydrogen-bond donors (Lipinski definition) is 0. The van der Waals surface area contributed by atoms with E-state index in [1.54, 1.807) is 0 Å². The van der Waals surface area contributed by atoms with Gasteiger partial charge in [-0.15, -0.1) is 0 Å². The lowest BCUT2D eigenvalue weighted by atomic mass is 9.83. The summed E-state index contributed by atoms with van der Waals surface area (Å²) in [6.45, 7) is 13.6. The summed E-state index contributed by atoms with van der Waals surface area (Å²) in [5.74, 6) is 3.99. The van der Waals surface area contributed by atoms with E-state index in [1.807, 2.05) is 13.8 Å². The van der Waals surface area contributed by atoms with Gasteiger partial charge in [-0.2, -0.15) is 0 Å². The average molecular weight is 226 g/mol. The fourth-order valence-corrected chi connectivity index (χ4v) is 3.34. The molecule has 16 heavy (non-hydrogen) atoms. The molecule has 0 nitrogen and oxygen atoms in total. The van der Waals surface area contributed by atoms with Crippen molar-refractivity contribution in [3.63, 3.8) is 0 Å². The standard InChI is InChI=1S/C14H28.C2H6/c1-5-7-14-9-11(3)8-13(6-2)10-12(14)4;1-2/h11-14H,5-10H2,1-4H3;1-2H3. The van der Waals surface area contributed by atoms with E-state index < -0.39 is 0 Å². The Morgan fingerprint density at radius 2 is 1.56 bits per heavy atom. The minimum Gasteiger partial charge on any atom is -0.0683 e. The van der Waals surface area contributed by atoms with Crippen molar-refractivity contribution < 1.29 is 0 Å². The van der Waals surface area contributed by atoms with Gasteiger partial charge >= 0.3 is 0 Å². The Bertz CT molecular complexity index is 150. The Morgan fingerprint density at radius 3 is 2.06 bits per heavy atom. The normalized spacial score (nSPS) is 34.9. The SMILES string of the molecule is CC.CCCC1CC(C)CC(CC)CC1C. The summed E-state index contributed by atoms with van der Waals surface area (Å²) in [6, 6.07) is 0. The van der Waals surface area contributed by atoms with Crippen molar-refractivity contribution in [3.05, 3.63) is 0 Å². The van der Waals surface area contributed by atoms with Crippen molar-refractivity contribution in [1.82, 2.24) is 0 Å². The zero-order valence-electron chi connectivity index (χ0n) is 12.6. The van der Waals surface area contributed by atoms with Crippen LogP contribution in [-0.4, -0.2) is 0 Å². The monoisotopic (exact) mass is 226 g/mol. The van der Waals surface area contributed by atoms with E-state index in [2.05, 4.69) is 27.7 Å². The predicted molar refractivity (Wildman–Crippen MR) is 75.7 cm³/mol. The Kier molecular flexibility index (Phi) is 9.07. The van der Waals surface area contributed by atoms with E-state index in [1.165, 1.54) is 38.5 Å². The molecule has 0 radical (unpaired) electrons. The molecule has 1 rings (SSSR count). The summed E-state index contributed by atoms with van der Waals surface area (Å²) in [4.78, 5) is 0. The topological polar surface area (TPSA) is 0 Å². The molecule has 0 saturated heterocycles. The molecule has 1 aliphatic carbocycles. The van der Waals surface area contributed by atoms with Crippen LogP contribution in [0.1, 0.15) is 80.1 Å². The maximum Gasteiger partial charge on any atom is -0.0386 e. The maximum absolute atomic E-state index is 2.49. The summed E-state index contributed by atoms with van der Waals surface area (Å²) >= 11 is 0. The van der Waals surface area contributed by atoms with Gasteiger partial charge in [0.25, 0.3) is 0 Å². The third-order valence-electron chi connectivity index (χ3n) is 4.19. The lowest BCUT2D eigenvalue weighted by Crippen LogP contribution is -2.12. The molecule has 0 N–H and O–H groups in total. The summed E-state index contributed by atoms with van der Waals surface area (Å²) in [5, 5.41) is 0. The van der Waals surface area contributed by atoms with Gasteiger partial charge in [0, 0.05) is 0 Å². The van der Waals surface area contributed by atoms with Gasteiger partial charge in [0.15, 0.2) is 0 Å². The first-order chi connectivity index (χ1) is 7.67. The van der Waals surface area contributed by atoms with E-state index in [-0.39, 0.29) is 0 Å². The minimum atomic E-state index is 0.974. The molecule has 0 amide bonds. The maximum atomic E-state index is 2.49. The highest BCUT2D eigenvalue weighted by atomic mass is 14.3. The van der Waals surface area contributed by atoms with Crippen molar-refractivity contribution >= 4 is 0 Å². The van der Waals surface area contributed by atoms with Crippen LogP contribution in [0.5, 0.6) is 0 Å². The fraction of sp³-hybridized carbons (Fsp3) is 1.00. The molecule has 0 aromatic rings. The molecule has 1 saturated carbocycles. The second-order valence-corrected chi connectivity index (χ2v) is 5.61. The van der Waals surface area contributed by atoms with Gasteiger partial charge in [-0.1, -0.05) is 60.8 Å². The smallest absolute Gasteiger partial charge is 0.0386 e. The fourth-order valence-electron chi connectivity index (χ4n) is 3.34. The molecule has 0 aromatic carbocycles. The van der Waals surface area contributed by atoms with E-state index in [4.69, 9.17) is 0 Å². The van der Waals surface area contributed by atoms with Crippen LogP contribution in [0.3, 0.4) is 0 Å². The van der Waals surface area contributed by atoms with Gasteiger partial charge in [-0.05, 0) is 42.9 Å². The van der Waals surface area contributed by atoms with E-state index in [9.17, 15) is 0 Å². The molecule has 0 aromatic heterocycles. The first kappa shape index (κ1) is 16.0. The zero-order chi connectivity index (χ0) is 12.6. The first-order valence-electron chi connectivity index (χ1n) is 7.67. The zero-order valence-corrected chi connectivity index (χ0v) is 12.6. The Hall–Kier alpha value is 0. The molecule has 0 heterocycles. The summed E-state index contributed by atoms with van der Waals surface area (Å²) in [6.07, 6.45) is 8.70. The average Bonchev–Trinajstić information content (AvgIpc) is 2.42. The molecular formula is C16H34. The van der Waals surface area contributed by atoms with Gasteiger partial charge in [0.05, 0.1) is 0 Å². The molecule has 0 bridgehead atoms. The Labute approximate surface area is 104 Å². The van der Waals surface area contributed by atoms with Crippen LogP contribution in [0, 0.1) is 23.7 Å². The van der Waals surface area contributed by atoms with Crippen LogP contribution >= 0.6 is 0 Å². The lowest BCUT2D eigenvalue weighted by molar-refractivity contribution is 0.284. The molecule has 4 atom stereocenters. The van der Waals surface area contributed by atoms with Crippen molar-refractivity contribution in [2.75, 3.05) is 0 Å². The highest BCUT2D eigenvalue weighted by Gasteiger charge is 2.27. The van der Waals surface area contributed by atoms with Crippen LogP contribution in [0.25, 0.3) is 0 Å². The van der Waals surface area contributed by atoms with Gasteiger partial charge in [0.1, 0.15) is 0 Å². The van der Waals surface area contributed by atoms with Crippen molar-refractivity contribution in [1.29, 1.82) is 0 Å². The predicted octanol–water partition coefficient (Wildman–Crippen LogP) is 5.91. The summed E-state index contributed by atoms with van der Waals surface area (Å²) in [7, 11) is 0. The molecule has 0 heteroatoms. The van der Waals surface area contributed by atoms with Crippen molar-refractivity contribution in [3.8, 4) is 0 Å². The highest BCUT2D eigenvalue weighted by molar-refractivity contribution is 4.78. The largest absolute Gasteiger partial charge is 0.0683 e. The minimum absolute atomic E-state index is 0.974. The molecule has 0 aliphatic heterocycles. The third-order valence-corrected chi connectivity index (χ3v) is 4.19. The van der Waals surface area contributed by atoms with Crippen LogP contribution in [0.15, 0.2) is 0 Å². The quantitative estimate of drug-likeness (QED) is 0.525. The Balaban J connectivity index is 0.00000106. The van der Waals surface area contributed by atoms with E-state index in [0.717, 1.165) is 23.7 Å². The highest BCUT2D eigenvalue weighted by Crippen LogP contribution is 2.38. The van der Waals surface area contributed by atoms with E-state index >= 15 is 0 Å². The van der Waals surface area contributed by atoms with E-state index in [0.29, 0.717) is 0 Å². The van der Waals surface area contributed by atoms with Crippen molar-refractivity contribution in [2.24, 2.45) is 23.7 Å². The van der Waals surface area contributed by atoms with Crippen LogP contribution in [0.4, 0.5) is 0 Å². The summed E-state index contributed by atoms with van der Waals surface area (Å²) in [5.41, 5.74) is 0. The molecule has 98 valence electrons. The van der Waals surface area contributed by atoms with Gasteiger partial charge in [0.2, 0.25) is 0 Å². The second kappa shape index (κ2) is 9.07. The Morgan fingerprint density at radius 1 is 0.938 bits per heavy atom.